The van der Waals surface area contributed by atoms with Crippen LogP contribution < -0.4 is 138 Å². The van der Waals surface area contributed by atoms with Crippen molar-refractivity contribution in [1.82, 2.24) is 20.4 Å². The van der Waals surface area contributed by atoms with Crippen molar-refractivity contribution in [1.29, 1.82) is 0 Å². The summed E-state index contributed by atoms with van der Waals surface area (Å²) in [6.07, 6.45) is 0. The molecule has 0 N–H and O–H groups in total. The third-order valence-electron chi connectivity index (χ3n) is 0.800. The van der Waals surface area contributed by atoms with Gasteiger partial charge in [-0.1, -0.05) is 10.9 Å². The van der Waals surface area contributed by atoms with Gasteiger partial charge in [-0.25, -0.2) is 20.2 Å². The summed E-state index contributed by atoms with van der Waals surface area (Å²) in [7, 11) is 0. The van der Waals surface area contributed by atoms with Crippen molar-refractivity contribution in [3.63, 3.8) is 0 Å². The maximum Gasteiger partial charge on any atom is 1.00 e. The summed E-state index contributed by atoms with van der Waals surface area (Å²) in [5.74, 6) is -1.23. The van der Waals surface area contributed by atoms with E-state index in [1.54, 1.807) is 0 Å². The van der Waals surface area contributed by atoms with Crippen LogP contribution in [0.2, 0.25) is 0 Å². The molecule has 1 aromatic rings. The molecule has 0 aliphatic carbocycles. The van der Waals surface area contributed by atoms with E-state index in [2.05, 4.69) is 31.2 Å². The van der Waals surface area contributed by atoms with Gasteiger partial charge < -0.3 is 20.4 Å². The molecule has 1 aromatic heterocycles. The zero-order chi connectivity index (χ0) is 10.6. The normalized spacial score (nSPS) is 8.00. The standard InChI is InChI=1S/C2N8O4.2Cs/c11-9(12)7-1-3-5-2(6-4-1)8-10(13)14;;/q-2;2*+1. The maximum atomic E-state index is 9.80. The van der Waals surface area contributed by atoms with Gasteiger partial charge in [0.25, 0.3) is 0 Å². The molecule has 0 unspecified atom stereocenters. The molecule has 0 aromatic carbocycles. The number of hydrogen-bond acceptors (Lipinski definition) is 8. The monoisotopic (exact) mass is 466 g/mol. The van der Waals surface area contributed by atoms with Crippen molar-refractivity contribution >= 4 is 11.9 Å². The predicted molar refractivity (Wildman–Crippen MR) is 37.6 cm³/mol. The SMILES string of the molecule is O=[N+]([O-])[N-]c1nnc([N-][N+](=O)[O-])nn1.[Cs+].[Cs+]. The maximum absolute atomic E-state index is 9.80. The predicted octanol–water partition coefficient (Wildman–Crippen LogP) is -6.33. The third-order valence-corrected chi connectivity index (χ3v) is 0.800. The number of aromatic nitrogens is 4. The Morgan fingerprint density at radius 1 is 0.812 bits per heavy atom. The van der Waals surface area contributed by atoms with Crippen LogP contribution in [0.5, 0.6) is 0 Å². The average molecular weight is 466 g/mol. The van der Waals surface area contributed by atoms with Crippen LogP contribution in [0.4, 0.5) is 11.9 Å². The van der Waals surface area contributed by atoms with Crippen LogP contribution in [0.1, 0.15) is 0 Å². The molecule has 0 fully saturated rings. The van der Waals surface area contributed by atoms with Crippen LogP contribution in [-0.2, 0) is 0 Å². The minimum absolute atomic E-state index is 0. The number of nitrogens with zero attached hydrogens (tertiary/aromatic N) is 8. The number of rotatable bonds is 4. The van der Waals surface area contributed by atoms with Crippen molar-refractivity contribution in [3.05, 3.63) is 31.1 Å². The fraction of sp³-hybridized carbons (Fsp3) is 0. The minimum Gasteiger partial charge on any atom is -0.340 e. The summed E-state index contributed by atoms with van der Waals surface area (Å²) in [4.78, 5) is 19.6. The smallest absolute Gasteiger partial charge is 0.340 e. The van der Waals surface area contributed by atoms with Crippen molar-refractivity contribution in [2.75, 3.05) is 0 Å². The Morgan fingerprint density at radius 3 is 1.25 bits per heavy atom. The molecule has 0 spiro atoms. The van der Waals surface area contributed by atoms with Crippen LogP contribution in [0.15, 0.2) is 0 Å². The Hall–Kier alpha value is 1.44. The largest absolute Gasteiger partial charge is 1.00 e. The second-order valence-corrected chi connectivity index (χ2v) is 1.68. The van der Waals surface area contributed by atoms with E-state index in [1.807, 2.05) is 0 Å². The molecule has 14 heteroatoms. The number of hydrogen-bond donors (Lipinski definition) is 0. The van der Waals surface area contributed by atoms with E-state index >= 15 is 0 Å². The first kappa shape index (κ1) is 19.8. The second-order valence-electron chi connectivity index (χ2n) is 1.68. The van der Waals surface area contributed by atoms with Crippen molar-refractivity contribution in [2.45, 2.75) is 0 Å². The van der Waals surface area contributed by atoms with E-state index in [4.69, 9.17) is 0 Å². The van der Waals surface area contributed by atoms with Gasteiger partial charge in [-0.3, -0.25) is 0 Å². The summed E-state index contributed by atoms with van der Waals surface area (Å²) in [6, 6.07) is 0. The van der Waals surface area contributed by atoms with Crippen LogP contribution in [0, 0.1) is 20.2 Å². The summed E-state index contributed by atoms with van der Waals surface area (Å²) in [6.45, 7) is 0. The first-order valence-corrected chi connectivity index (χ1v) is 2.87. The van der Waals surface area contributed by atoms with E-state index in [0.29, 0.717) is 0 Å². The van der Waals surface area contributed by atoms with E-state index in [1.165, 1.54) is 0 Å². The van der Waals surface area contributed by atoms with Crippen LogP contribution >= 0.6 is 0 Å². The summed E-state index contributed by atoms with van der Waals surface area (Å²) in [5.41, 5.74) is 5.29. The Bertz CT molecular complexity index is 321. The molecule has 0 aliphatic heterocycles. The van der Waals surface area contributed by atoms with Gasteiger partial charge >= 0.3 is 138 Å². The van der Waals surface area contributed by atoms with Crippen molar-refractivity contribution in [3.8, 4) is 0 Å². The fourth-order valence-corrected chi connectivity index (χ4v) is 0.445. The minimum atomic E-state index is -1.05. The first-order chi connectivity index (χ1) is 6.58. The van der Waals surface area contributed by atoms with E-state index < -0.39 is 22.0 Å². The molecule has 16 heavy (non-hydrogen) atoms. The Balaban J connectivity index is 0. The zero-order valence-electron chi connectivity index (χ0n) is 8.21. The molecule has 74 valence electrons. The summed E-state index contributed by atoms with van der Waals surface area (Å²) >= 11 is 0. The molecular weight excluding hydrogens is 466 g/mol. The molecule has 0 bridgehead atoms. The average Bonchev–Trinajstić information content (AvgIpc) is 2.06. The first-order valence-electron chi connectivity index (χ1n) is 2.87. The number of nitro groups is 2. The topological polar surface area (TPSA) is 166 Å². The summed E-state index contributed by atoms with van der Waals surface area (Å²) < 4.78 is 0. The molecule has 0 atom stereocenters. The summed E-state index contributed by atoms with van der Waals surface area (Å²) in [5, 5.41) is 29.7. The molecule has 0 saturated carbocycles. The van der Waals surface area contributed by atoms with Crippen LogP contribution in [0.3, 0.4) is 0 Å². The van der Waals surface area contributed by atoms with Gasteiger partial charge in [0.1, 0.15) is 22.0 Å². The molecule has 0 aliphatic rings. The van der Waals surface area contributed by atoms with E-state index in [-0.39, 0.29) is 138 Å². The molecule has 1 rings (SSSR count). The van der Waals surface area contributed by atoms with Gasteiger partial charge in [-0.2, -0.15) is 0 Å². The fourth-order valence-electron chi connectivity index (χ4n) is 0.445. The van der Waals surface area contributed by atoms with Gasteiger partial charge in [-0.05, 0) is 0 Å². The van der Waals surface area contributed by atoms with Crippen molar-refractivity contribution in [2.24, 2.45) is 0 Å². The Kier molecular flexibility index (Phi) is 12.8. The van der Waals surface area contributed by atoms with Gasteiger partial charge in [0.05, 0.1) is 0 Å². The van der Waals surface area contributed by atoms with E-state index in [9.17, 15) is 20.2 Å². The van der Waals surface area contributed by atoms with Gasteiger partial charge in [-0.15, -0.1) is 0 Å². The molecule has 0 radical (unpaired) electrons. The van der Waals surface area contributed by atoms with Gasteiger partial charge in [0.2, 0.25) is 0 Å². The molecule has 1 heterocycles. The van der Waals surface area contributed by atoms with Gasteiger partial charge in [0, 0.05) is 0 Å². The molecule has 0 saturated heterocycles. The molecular formula is C2Cs2N8O4. The Labute approximate surface area is 205 Å². The van der Waals surface area contributed by atoms with Crippen LogP contribution in [0.25, 0.3) is 10.9 Å². The third kappa shape index (κ3) is 8.52. The van der Waals surface area contributed by atoms with Gasteiger partial charge in [0.15, 0.2) is 0 Å². The zero-order valence-corrected chi connectivity index (χ0v) is 20.8. The van der Waals surface area contributed by atoms with E-state index in [0.717, 1.165) is 0 Å². The molecule has 12 nitrogen and oxygen atoms in total. The van der Waals surface area contributed by atoms with Crippen molar-refractivity contribution < 1.29 is 148 Å². The molecule has 0 amide bonds. The Morgan fingerprint density at radius 2 is 1.06 bits per heavy atom. The van der Waals surface area contributed by atoms with Crippen LogP contribution in [-0.4, -0.2) is 30.5 Å². The second kappa shape index (κ2) is 10.4. The quantitative estimate of drug-likeness (QED) is 0.312.